The topological polar surface area (TPSA) is 27.1 Å². The summed E-state index contributed by atoms with van der Waals surface area (Å²) in [4.78, 5) is 4.33. The van der Waals surface area contributed by atoms with Crippen LogP contribution in [0.15, 0.2) is 18.2 Å². The molecule has 0 saturated heterocycles. The zero-order chi connectivity index (χ0) is 13.0. The molecule has 2 rings (SSSR count). The standard InChI is InChI=1S/C13H16ClFN2O/c1-2-18-9-8-17-11-5-3-4-10(15)13(11)16-12(17)6-7-14/h3-5H,2,6-9H2,1H3. The average Bonchev–Trinajstić information content (AvgIpc) is 2.70. The van der Waals surface area contributed by atoms with Crippen molar-refractivity contribution in [3.8, 4) is 0 Å². The summed E-state index contributed by atoms with van der Waals surface area (Å²) in [5.74, 6) is 0.989. The van der Waals surface area contributed by atoms with Gasteiger partial charge >= 0.3 is 0 Å². The fourth-order valence-electron chi connectivity index (χ4n) is 1.99. The number of nitrogens with zero attached hydrogens (tertiary/aromatic N) is 2. The number of aryl methyl sites for hydroxylation is 1. The van der Waals surface area contributed by atoms with E-state index in [0.717, 1.165) is 11.3 Å². The fourth-order valence-corrected chi connectivity index (χ4v) is 2.15. The minimum absolute atomic E-state index is 0.293. The van der Waals surface area contributed by atoms with Gasteiger partial charge in [-0.05, 0) is 19.1 Å². The van der Waals surface area contributed by atoms with E-state index in [1.165, 1.54) is 6.07 Å². The molecular weight excluding hydrogens is 255 g/mol. The normalized spacial score (nSPS) is 11.3. The van der Waals surface area contributed by atoms with Crippen molar-refractivity contribution in [2.75, 3.05) is 19.1 Å². The Kier molecular flexibility index (Phi) is 4.55. The third-order valence-corrected chi connectivity index (χ3v) is 2.98. The number of hydrogen-bond donors (Lipinski definition) is 0. The van der Waals surface area contributed by atoms with E-state index in [4.69, 9.17) is 16.3 Å². The monoisotopic (exact) mass is 270 g/mol. The molecule has 1 heterocycles. The number of hydrogen-bond acceptors (Lipinski definition) is 2. The molecule has 2 aromatic rings. The summed E-state index contributed by atoms with van der Waals surface area (Å²) in [6.07, 6.45) is 0.627. The summed E-state index contributed by atoms with van der Waals surface area (Å²) in [6, 6.07) is 4.99. The Hall–Kier alpha value is -1.13. The van der Waals surface area contributed by atoms with Crippen LogP contribution in [0.3, 0.4) is 0 Å². The van der Waals surface area contributed by atoms with Gasteiger partial charge in [-0.2, -0.15) is 0 Å². The van der Waals surface area contributed by atoms with Gasteiger partial charge in [0.05, 0.1) is 12.1 Å². The van der Waals surface area contributed by atoms with Crippen LogP contribution in [-0.4, -0.2) is 28.6 Å². The SMILES string of the molecule is CCOCCn1c(CCCl)nc2c(F)cccc21. The molecule has 0 unspecified atom stereocenters. The molecule has 0 fully saturated rings. The second-order valence-corrected chi connectivity index (χ2v) is 4.30. The van der Waals surface area contributed by atoms with Crippen LogP contribution in [0.1, 0.15) is 12.7 Å². The zero-order valence-corrected chi connectivity index (χ0v) is 11.1. The summed E-state index contributed by atoms with van der Waals surface area (Å²) >= 11 is 5.76. The molecule has 98 valence electrons. The van der Waals surface area contributed by atoms with Crippen LogP contribution in [0.25, 0.3) is 11.0 Å². The minimum Gasteiger partial charge on any atom is -0.380 e. The van der Waals surface area contributed by atoms with Gasteiger partial charge in [0.15, 0.2) is 5.82 Å². The first kappa shape index (κ1) is 13.3. The molecule has 0 aliphatic carbocycles. The molecule has 5 heteroatoms. The second-order valence-electron chi connectivity index (χ2n) is 3.92. The molecule has 0 radical (unpaired) electrons. The summed E-state index contributed by atoms with van der Waals surface area (Å²) in [6.45, 7) is 3.88. The lowest BCUT2D eigenvalue weighted by Crippen LogP contribution is -2.09. The minimum atomic E-state index is -0.293. The van der Waals surface area contributed by atoms with Crippen molar-refractivity contribution in [2.24, 2.45) is 0 Å². The van der Waals surface area contributed by atoms with E-state index in [0.29, 0.717) is 37.6 Å². The van der Waals surface area contributed by atoms with Crippen molar-refractivity contribution >= 4 is 22.6 Å². The highest BCUT2D eigenvalue weighted by Crippen LogP contribution is 2.19. The van der Waals surface area contributed by atoms with Crippen LogP contribution in [0.4, 0.5) is 4.39 Å². The van der Waals surface area contributed by atoms with Crippen LogP contribution in [0.2, 0.25) is 0 Å². The molecule has 0 spiro atoms. The average molecular weight is 271 g/mol. The van der Waals surface area contributed by atoms with Crippen molar-refractivity contribution < 1.29 is 9.13 Å². The van der Waals surface area contributed by atoms with Crippen LogP contribution in [-0.2, 0) is 17.7 Å². The first-order chi connectivity index (χ1) is 8.77. The second kappa shape index (κ2) is 6.16. The summed E-state index contributed by atoms with van der Waals surface area (Å²) < 4.78 is 21.0. The quantitative estimate of drug-likeness (QED) is 0.596. The number of alkyl halides is 1. The van der Waals surface area contributed by atoms with E-state index >= 15 is 0 Å². The maximum absolute atomic E-state index is 13.7. The highest BCUT2D eigenvalue weighted by Gasteiger charge is 2.12. The van der Waals surface area contributed by atoms with E-state index in [9.17, 15) is 4.39 Å². The van der Waals surface area contributed by atoms with Gasteiger partial charge in [-0.15, -0.1) is 11.6 Å². The molecule has 3 nitrogen and oxygen atoms in total. The van der Waals surface area contributed by atoms with Gasteiger partial charge < -0.3 is 9.30 Å². The molecule has 0 N–H and O–H groups in total. The smallest absolute Gasteiger partial charge is 0.151 e. The van der Waals surface area contributed by atoms with E-state index < -0.39 is 0 Å². The Balaban J connectivity index is 2.39. The maximum Gasteiger partial charge on any atom is 0.151 e. The highest BCUT2D eigenvalue weighted by atomic mass is 35.5. The zero-order valence-electron chi connectivity index (χ0n) is 10.3. The molecule has 1 aromatic carbocycles. The van der Waals surface area contributed by atoms with Crippen LogP contribution in [0.5, 0.6) is 0 Å². The molecule has 1 aromatic heterocycles. The molecule has 0 bridgehead atoms. The van der Waals surface area contributed by atoms with Gasteiger partial charge in [-0.1, -0.05) is 6.07 Å². The number of fused-ring (bicyclic) bond motifs is 1. The number of para-hydroxylation sites is 1. The van der Waals surface area contributed by atoms with Crippen LogP contribution < -0.4 is 0 Å². The lowest BCUT2D eigenvalue weighted by atomic mass is 10.3. The Morgan fingerprint density at radius 1 is 1.44 bits per heavy atom. The Labute approximate surface area is 111 Å². The van der Waals surface area contributed by atoms with Crippen molar-refractivity contribution in [1.29, 1.82) is 0 Å². The number of aromatic nitrogens is 2. The van der Waals surface area contributed by atoms with Gasteiger partial charge in [0.2, 0.25) is 0 Å². The maximum atomic E-state index is 13.7. The molecule has 0 aliphatic heterocycles. The number of halogens is 2. The number of imidazole rings is 1. The van der Waals surface area contributed by atoms with Gasteiger partial charge in [-0.25, -0.2) is 9.37 Å². The van der Waals surface area contributed by atoms with Gasteiger partial charge in [0, 0.05) is 25.5 Å². The lowest BCUT2D eigenvalue weighted by molar-refractivity contribution is 0.139. The third-order valence-electron chi connectivity index (χ3n) is 2.79. The molecule has 18 heavy (non-hydrogen) atoms. The molecular formula is C13H16ClFN2O. The first-order valence-electron chi connectivity index (χ1n) is 6.05. The summed E-state index contributed by atoms with van der Waals surface area (Å²) in [5, 5.41) is 0. The number of benzene rings is 1. The van der Waals surface area contributed by atoms with E-state index in [1.807, 2.05) is 17.6 Å². The molecule has 0 aliphatic rings. The van der Waals surface area contributed by atoms with Crippen molar-refractivity contribution in [2.45, 2.75) is 19.9 Å². The van der Waals surface area contributed by atoms with Crippen LogP contribution >= 0.6 is 11.6 Å². The molecule has 0 atom stereocenters. The predicted molar refractivity (Wildman–Crippen MR) is 70.6 cm³/mol. The Morgan fingerprint density at radius 3 is 3.00 bits per heavy atom. The van der Waals surface area contributed by atoms with Crippen molar-refractivity contribution in [1.82, 2.24) is 9.55 Å². The van der Waals surface area contributed by atoms with Gasteiger partial charge in [-0.3, -0.25) is 0 Å². The Bertz CT molecular complexity index is 527. The lowest BCUT2D eigenvalue weighted by Gasteiger charge is -2.08. The van der Waals surface area contributed by atoms with E-state index in [2.05, 4.69) is 4.98 Å². The van der Waals surface area contributed by atoms with Crippen molar-refractivity contribution in [3.05, 3.63) is 29.8 Å². The highest BCUT2D eigenvalue weighted by molar-refractivity contribution is 6.17. The van der Waals surface area contributed by atoms with E-state index in [-0.39, 0.29) is 5.82 Å². The summed E-state index contributed by atoms with van der Waals surface area (Å²) in [7, 11) is 0. The molecule has 0 amide bonds. The van der Waals surface area contributed by atoms with Gasteiger partial charge in [0.1, 0.15) is 11.3 Å². The number of ether oxygens (including phenoxy) is 1. The molecule has 0 saturated carbocycles. The Morgan fingerprint density at radius 2 is 2.28 bits per heavy atom. The third kappa shape index (κ3) is 2.65. The fraction of sp³-hybridized carbons (Fsp3) is 0.462. The summed E-state index contributed by atoms with van der Waals surface area (Å²) in [5.41, 5.74) is 1.21. The van der Waals surface area contributed by atoms with Crippen molar-refractivity contribution in [3.63, 3.8) is 0 Å². The van der Waals surface area contributed by atoms with Crippen LogP contribution in [0, 0.1) is 5.82 Å². The predicted octanol–water partition coefficient (Wildman–Crippen LogP) is 2.99. The number of rotatable bonds is 6. The first-order valence-corrected chi connectivity index (χ1v) is 6.58. The van der Waals surface area contributed by atoms with E-state index in [1.54, 1.807) is 6.07 Å². The van der Waals surface area contributed by atoms with Gasteiger partial charge in [0.25, 0.3) is 0 Å². The largest absolute Gasteiger partial charge is 0.380 e.